The summed E-state index contributed by atoms with van der Waals surface area (Å²) in [5.41, 5.74) is 0.215. The Kier molecular flexibility index (Phi) is 2.87. The molecule has 0 radical (unpaired) electrons. The SMILES string of the molecule is CC(ON)C1(C)CCOCC1. The van der Waals surface area contributed by atoms with E-state index in [1.54, 1.807) is 0 Å². The van der Waals surface area contributed by atoms with Gasteiger partial charge in [-0.25, -0.2) is 5.90 Å². The molecule has 66 valence electrons. The number of rotatable bonds is 2. The zero-order valence-electron chi connectivity index (χ0n) is 7.30. The topological polar surface area (TPSA) is 44.5 Å². The van der Waals surface area contributed by atoms with Crippen LogP contribution in [0.1, 0.15) is 26.7 Å². The van der Waals surface area contributed by atoms with Crippen molar-refractivity contribution in [3.05, 3.63) is 0 Å². The Labute approximate surface area is 67.8 Å². The van der Waals surface area contributed by atoms with E-state index < -0.39 is 0 Å². The van der Waals surface area contributed by atoms with Crippen molar-refractivity contribution in [3.63, 3.8) is 0 Å². The number of ether oxygens (including phenoxy) is 1. The normalized spacial score (nSPS) is 26.5. The molecule has 1 aliphatic heterocycles. The van der Waals surface area contributed by atoms with E-state index in [0.717, 1.165) is 26.1 Å². The first-order valence-electron chi connectivity index (χ1n) is 4.12. The molecular weight excluding hydrogens is 142 g/mol. The Bertz CT molecular complexity index is 121. The summed E-state index contributed by atoms with van der Waals surface area (Å²) >= 11 is 0. The Morgan fingerprint density at radius 1 is 1.45 bits per heavy atom. The summed E-state index contributed by atoms with van der Waals surface area (Å²) in [6, 6.07) is 0. The highest BCUT2D eigenvalue weighted by Gasteiger charge is 2.33. The van der Waals surface area contributed by atoms with Crippen molar-refractivity contribution in [2.75, 3.05) is 13.2 Å². The van der Waals surface area contributed by atoms with E-state index in [-0.39, 0.29) is 11.5 Å². The molecule has 0 bridgehead atoms. The monoisotopic (exact) mass is 159 g/mol. The van der Waals surface area contributed by atoms with Crippen LogP contribution in [0.3, 0.4) is 0 Å². The molecule has 1 atom stereocenters. The van der Waals surface area contributed by atoms with Gasteiger partial charge in [-0.05, 0) is 25.2 Å². The van der Waals surface area contributed by atoms with Crippen LogP contribution in [0.25, 0.3) is 0 Å². The zero-order chi connectivity index (χ0) is 8.32. The van der Waals surface area contributed by atoms with Gasteiger partial charge in [0.25, 0.3) is 0 Å². The smallest absolute Gasteiger partial charge is 0.0814 e. The fraction of sp³-hybridized carbons (Fsp3) is 1.00. The summed E-state index contributed by atoms with van der Waals surface area (Å²) < 4.78 is 5.26. The van der Waals surface area contributed by atoms with Crippen molar-refractivity contribution < 1.29 is 9.57 Å². The maximum absolute atomic E-state index is 5.26. The average molecular weight is 159 g/mol. The van der Waals surface area contributed by atoms with Crippen LogP contribution in [0.5, 0.6) is 0 Å². The van der Waals surface area contributed by atoms with Crippen LogP contribution in [0.4, 0.5) is 0 Å². The summed E-state index contributed by atoms with van der Waals surface area (Å²) in [5, 5.41) is 0. The highest BCUT2D eigenvalue weighted by Crippen LogP contribution is 2.34. The molecule has 2 N–H and O–H groups in total. The van der Waals surface area contributed by atoms with Gasteiger partial charge in [0.15, 0.2) is 0 Å². The van der Waals surface area contributed by atoms with Gasteiger partial charge in [0.2, 0.25) is 0 Å². The highest BCUT2D eigenvalue weighted by atomic mass is 16.6. The van der Waals surface area contributed by atoms with Crippen LogP contribution in [0.2, 0.25) is 0 Å². The summed E-state index contributed by atoms with van der Waals surface area (Å²) in [7, 11) is 0. The summed E-state index contributed by atoms with van der Waals surface area (Å²) in [5.74, 6) is 5.15. The van der Waals surface area contributed by atoms with Crippen molar-refractivity contribution in [2.24, 2.45) is 11.3 Å². The van der Waals surface area contributed by atoms with Gasteiger partial charge in [-0.15, -0.1) is 0 Å². The first kappa shape index (κ1) is 8.97. The lowest BCUT2D eigenvalue weighted by atomic mass is 9.78. The molecule has 0 aromatic heterocycles. The molecule has 0 saturated carbocycles. The minimum atomic E-state index is 0.131. The van der Waals surface area contributed by atoms with Crippen molar-refractivity contribution in [1.82, 2.24) is 0 Å². The standard InChI is InChI=1S/C8H17NO2/c1-7(11-9)8(2)3-5-10-6-4-8/h7H,3-6,9H2,1-2H3. The Balaban J connectivity index is 2.49. The van der Waals surface area contributed by atoms with Crippen LogP contribution in [-0.2, 0) is 9.57 Å². The van der Waals surface area contributed by atoms with Gasteiger partial charge in [-0.2, -0.15) is 0 Å². The van der Waals surface area contributed by atoms with E-state index in [0.29, 0.717) is 0 Å². The summed E-state index contributed by atoms with van der Waals surface area (Å²) in [4.78, 5) is 4.84. The Hall–Kier alpha value is -0.120. The third kappa shape index (κ3) is 1.92. The Morgan fingerprint density at radius 2 is 2.00 bits per heavy atom. The summed E-state index contributed by atoms with van der Waals surface area (Å²) in [6.07, 6.45) is 2.22. The van der Waals surface area contributed by atoms with Crippen LogP contribution in [-0.4, -0.2) is 19.3 Å². The van der Waals surface area contributed by atoms with Gasteiger partial charge in [0, 0.05) is 13.2 Å². The zero-order valence-corrected chi connectivity index (χ0v) is 7.30. The van der Waals surface area contributed by atoms with E-state index in [9.17, 15) is 0 Å². The first-order chi connectivity index (χ1) is 5.19. The van der Waals surface area contributed by atoms with Gasteiger partial charge in [0.1, 0.15) is 0 Å². The fourth-order valence-corrected chi connectivity index (χ4v) is 1.41. The molecule has 1 saturated heterocycles. The average Bonchev–Trinajstić information content (AvgIpc) is 2.04. The molecule has 1 rings (SSSR count). The van der Waals surface area contributed by atoms with Crippen LogP contribution in [0.15, 0.2) is 0 Å². The van der Waals surface area contributed by atoms with Gasteiger partial charge >= 0.3 is 0 Å². The second kappa shape index (κ2) is 3.52. The third-order valence-corrected chi connectivity index (χ3v) is 2.82. The maximum atomic E-state index is 5.26. The first-order valence-corrected chi connectivity index (χ1v) is 4.12. The second-order valence-corrected chi connectivity index (χ2v) is 3.54. The van der Waals surface area contributed by atoms with Crippen LogP contribution >= 0.6 is 0 Å². The van der Waals surface area contributed by atoms with Crippen molar-refractivity contribution >= 4 is 0 Å². The predicted molar refractivity (Wildman–Crippen MR) is 42.9 cm³/mol. The highest BCUT2D eigenvalue weighted by molar-refractivity contribution is 4.82. The molecule has 3 nitrogen and oxygen atoms in total. The molecule has 0 amide bonds. The van der Waals surface area contributed by atoms with E-state index >= 15 is 0 Å². The summed E-state index contributed by atoms with van der Waals surface area (Å²) in [6.45, 7) is 5.90. The van der Waals surface area contributed by atoms with Gasteiger partial charge in [-0.3, -0.25) is 0 Å². The molecule has 1 unspecified atom stereocenters. The molecule has 3 heteroatoms. The fourth-order valence-electron chi connectivity index (χ4n) is 1.41. The van der Waals surface area contributed by atoms with Crippen LogP contribution < -0.4 is 5.90 Å². The van der Waals surface area contributed by atoms with E-state index in [1.807, 2.05) is 6.92 Å². The molecule has 1 fully saturated rings. The number of hydrogen-bond acceptors (Lipinski definition) is 3. The Morgan fingerprint density at radius 3 is 2.45 bits per heavy atom. The molecule has 1 aliphatic rings. The van der Waals surface area contributed by atoms with E-state index in [2.05, 4.69) is 6.92 Å². The minimum Gasteiger partial charge on any atom is -0.381 e. The van der Waals surface area contributed by atoms with E-state index in [1.165, 1.54) is 0 Å². The predicted octanol–water partition coefficient (Wildman–Crippen LogP) is 1.08. The maximum Gasteiger partial charge on any atom is 0.0814 e. The van der Waals surface area contributed by atoms with Gasteiger partial charge < -0.3 is 9.57 Å². The van der Waals surface area contributed by atoms with Gasteiger partial charge in [-0.1, -0.05) is 6.92 Å². The lowest BCUT2D eigenvalue weighted by Gasteiger charge is -2.37. The van der Waals surface area contributed by atoms with Crippen molar-refractivity contribution in [2.45, 2.75) is 32.8 Å². The largest absolute Gasteiger partial charge is 0.381 e. The molecule has 0 aromatic carbocycles. The molecule has 0 spiro atoms. The van der Waals surface area contributed by atoms with Gasteiger partial charge in [0.05, 0.1) is 6.10 Å². The quantitative estimate of drug-likeness (QED) is 0.613. The molecular formula is C8H17NO2. The van der Waals surface area contributed by atoms with Crippen molar-refractivity contribution in [3.8, 4) is 0 Å². The molecule has 1 heterocycles. The molecule has 0 aliphatic carbocycles. The van der Waals surface area contributed by atoms with Crippen LogP contribution in [0, 0.1) is 5.41 Å². The lowest BCUT2D eigenvalue weighted by molar-refractivity contribution is -0.0782. The van der Waals surface area contributed by atoms with E-state index in [4.69, 9.17) is 15.5 Å². The minimum absolute atomic E-state index is 0.131. The number of nitrogens with two attached hydrogens (primary N) is 1. The third-order valence-electron chi connectivity index (χ3n) is 2.82. The molecule has 0 aromatic rings. The second-order valence-electron chi connectivity index (χ2n) is 3.54. The number of hydrogen-bond donors (Lipinski definition) is 1. The lowest BCUT2D eigenvalue weighted by Crippen LogP contribution is -2.39. The molecule has 11 heavy (non-hydrogen) atoms. The van der Waals surface area contributed by atoms with Crippen molar-refractivity contribution in [1.29, 1.82) is 0 Å².